The first kappa shape index (κ1) is 23.4. The van der Waals surface area contributed by atoms with Crippen LogP contribution in [0.5, 0.6) is 0 Å². The molecule has 0 spiro atoms. The summed E-state index contributed by atoms with van der Waals surface area (Å²) in [6, 6.07) is 0. The maximum absolute atomic E-state index is 11.5. The molecule has 0 fully saturated rings. The SMILES string of the molecule is CC(=O)NCCCOCCOCC(=O)NCCOCCOCCC=O. The Morgan fingerprint density at radius 3 is 2.12 bits per heavy atom. The molecule has 0 bridgehead atoms. The molecule has 0 radical (unpaired) electrons. The van der Waals surface area contributed by atoms with Gasteiger partial charge in [0, 0.05) is 33.0 Å². The molecule has 0 heterocycles. The van der Waals surface area contributed by atoms with Crippen molar-refractivity contribution in [2.24, 2.45) is 0 Å². The van der Waals surface area contributed by atoms with Crippen LogP contribution in [0.2, 0.25) is 0 Å². The van der Waals surface area contributed by atoms with Gasteiger partial charge in [-0.2, -0.15) is 0 Å². The second kappa shape index (κ2) is 18.8. The van der Waals surface area contributed by atoms with Gasteiger partial charge in [0.1, 0.15) is 12.9 Å². The lowest BCUT2D eigenvalue weighted by atomic mass is 10.4. The molecule has 9 nitrogen and oxygen atoms in total. The lowest BCUT2D eigenvalue weighted by Crippen LogP contribution is -2.31. The van der Waals surface area contributed by atoms with Crippen LogP contribution in [0.4, 0.5) is 0 Å². The van der Waals surface area contributed by atoms with Crippen LogP contribution in [-0.4, -0.2) is 84.0 Å². The van der Waals surface area contributed by atoms with E-state index in [1.54, 1.807) is 0 Å². The van der Waals surface area contributed by atoms with Gasteiger partial charge in [-0.05, 0) is 6.42 Å². The van der Waals surface area contributed by atoms with E-state index in [9.17, 15) is 14.4 Å². The second-order valence-electron chi connectivity index (χ2n) is 5.03. The minimum absolute atomic E-state index is 0.0238. The first-order valence-electron chi connectivity index (χ1n) is 8.42. The molecule has 0 aliphatic heterocycles. The molecule has 0 atom stereocenters. The topological polar surface area (TPSA) is 112 Å². The fourth-order valence-electron chi connectivity index (χ4n) is 1.59. The van der Waals surface area contributed by atoms with Gasteiger partial charge >= 0.3 is 0 Å². The lowest BCUT2D eigenvalue weighted by molar-refractivity contribution is -0.126. The van der Waals surface area contributed by atoms with Crippen LogP contribution in [0.15, 0.2) is 0 Å². The quantitative estimate of drug-likeness (QED) is 0.244. The minimum atomic E-state index is -0.212. The molecular weight excluding hydrogens is 332 g/mol. The Morgan fingerprint density at radius 2 is 1.44 bits per heavy atom. The highest BCUT2D eigenvalue weighted by atomic mass is 16.5. The van der Waals surface area contributed by atoms with Crippen molar-refractivity contribution in [2.45, 2.75) is 19.8 Å². The number of amides is 2. The average Bonchev–Trinajstić information content (AvgIpc) is 2.58. The molecule has 0 saturated carbocycles. The van der Waals surface area contributed by atoms with E-state index in [2.05, 4.69) is 10.6 Å². The Labute approximate surface area is 148 Å². The van der Waals surface area contributed by atoms with Crippen molar-refractivity contribution in [3.8, 4) is 0 Å². The number of carbonyl (C=O) groups is 3. The maximum atomic E-state index is 11.5. The van der Waals surface area contributed by atoms with E-state index in [4.69, 9.17) is 18.9 Å². The first-order chi connectivity index (χ1) is 12.2. The molecule has 0 aliphatic rings. The summed E-state index contributed by atoms with van der Waals surface area (Å²) in [6.45, 7) is 5.35. The second-order valence-corrected chi connectivity index (χ2v) is 5.03. The van der Waals surface area contributed by atoms with E-state index >= 15 is 0 Å². The zero-order chi connectivity index (χ0) is 18.6. The highest BCUT2D eigenvalue weighted by molar-refractivity contribution is 5.77. The van der Waals surface area contributed by atoms with Crippen molar-refractivity contribution in [1.29, 1.82) is 0 Å². The predicted octanol–water partition coefficient (Wildman–Crippen LogP) is -0.716. The van der Waals surface area contributed by atoms with Crippen LogP contribution in [-0.2, 0) is 33.3 Å². The van der Waals surface area contributed by atoms with Crippen LogP contribution in [0.3, 0.4) is 0 Å². The Bertz CT molecular complexity index is 353. The highest BCUT2D eigenvalue weighted by Crippen LogP contribution is 1.84. The van der Waals surface area contributed by atoms with Gasteiger partial charge in [0.15, 0.2) is 0 Å². The van der Waals surface area contributed by atoms with Gasteiger partial charge in [-0.25, -0.2) is 0 Å². The molecule has 0 rings (SSSR count). The number of nitrogens with one attached hydrogen (secondary N) is 2. The summed E-state index contributed by atoms with van der Waals surface area (Å²) in [7, 11) is 0. The fraction of sp³-hybridized carbons (Fsp3) is 0.812. The molecule has 2 amide bonds. The summed E-state index contributed by atoms with van der Waals surface area (Å²) < 4.78 is 20.9. The Morgan fingerprint density at radius 1 is 0.800 bits per heavy atom. The normalized spacial score (nSPS) is 10.4. The molecule has 9 heteroatoms. The number of carbonyl (C=O) groups excluding carboxylic acids is 3. The van der Waals surface area contributed by atoms with Crippen LogP contribution >= 0.6 is 0 Å². The number of rotatable bonds is 18. The smallest absolute Gasteiger partial charge is 0.246 e. The van der Waals surface area contributed by atoms with Crippen LogP contribution < -0.4 is 10.6 Å². The van der Waals surface area contributed by atoms with E-state index in [0.29, 0.717) is 65.8 Å². The van der Waals surface area contributed by atoms with Crippen molar-refractivity contribution >= 4 is 18.1 Å². The molecule has 0 aromatic rings. The largest absolute Gasteiger partial charge is 0.379 e. The van der Waals surface area contributed by atoms with Gasteiger partial charge in [-0.3, -0.25) is 9.59 Å². The summed E-state index contributed by atoms with van der Waals surface area (Å²) in [5.41, 5.74) is 0. The van der Waals surface area contributed by atoms with E-state index in [0.717, 1.165) is 12.7 Å². The van der Waals surface area contributed by atoms with Crippen LogP contribution in [0, 0.1) is 0 Å². The van der Waals surface area contributed by atoms with Crippen molar-refractivity contribution in [2.75, 3.05) is 65.9 Å². The molecule has 0 aromatic heterocycles. The third-order valence-corrected chi connectivity index (χ3v) is 2.77. The van der Waals surface area contributed by atoms with Crippen molar-refractivity contribution in [3.05, 3.63) is 0 Å². The van der Waals surface area contributed by atoms with Gasteiger partial charge in [0.2, 0.25) is 11.8 Å². The monoisotopic (exact) mass is 362 g/mol. The number of aldehydes is 1. The molecule has 2 N–H and O–H groups in total. The van der Waals surface area contributed by atoms with Gasteiger partial charge in [0.05, 0.1) is 39.6 Å². The van der Waals surface area contributed by atoms with Crippen molar-refractivity contribution in [1.82, 2.24) is 10.6 Å². The van der Waals surface area contributed by atoms with Gasteiger partial charge < -0.3 is 34.4 Å². The molecule has 146 valence electrons. The van der Waals surface area contributed by atoms with Gasteiger partial charge in [-0.1, -0.05) is 0 Å². The molecule has 25 heavy (non-hydrogen) atoms. The third kappa shape index (κ3) is 20.4. The minimum Gasteiger partial charge on any atom is -0.379 e. The number of hydrogen-bond donors (Lipinski definition) is 2. The maximum Gasteiger partial charge on any atom is 0.246 e. The summed E-state index contributed by atoms with van der Waals surface area (Å²) in [4.78, 5) is 32.1. The molecular formula is C16H30N2O7. The zero-order valence-corrected chi connectivity index (χ0v) is 14.9. The molecule has 0 unspecified atom stereocenters. The van der Waals surface area contributed by atoms with Gasteiger partial charge in [0.25, 0.3) is 0 Å². The van der Waals surface area contributed by atoms with E-state index < -0.39 is 0 Å². The third-order valence-electron chi connectivity index (χ3n) is 2.77. The summed E-state index contributed by atoms with van der Waals surface area (Å²) in [5.74, 6) is -0.265. The molecule has 0 aromatic carbocycles. The number of ether oxygens (including phenoxy) is 4. The highest BCUT2D eigenvalue weighted by Gasteiger charge is 2.00. The van der Waals surface area contributed by atoms with Crippen LogP contribution in [0.1, 0.15) is 19.8 Å². The van der Waals surface area contributed by atoms with E-state index in [1.165, 1.54) is 6.92 Å². The standard InChI is InChI=1S/C16H30N2O7/c1-15(20)17-4-2-7-22-12-13-25-14-16(21)18-5-9-24-11-10-23-8-3-6-19/h6H,2-5,7-14H2,1H3,(H,17,20)(H,18,21). The predicted molar refractivity (Wildman–Crippen MR) is 90.3 cm³/mol. The summed E-state index contributed by atoms with van der Waals surface area (Å²) in [5, 5.41) is 5.34. The van der Waals surface area contributed by atoms with Crippen LogP contribution in [0.25, 0.3) is 0 Å². The van der Waals surface area contributed by atoms with Gasteiger partial charge in [-0.15, -0.1) is 0 Å². The Kier molecular flexibility index (Phi) is 17.6. The fourth-order valence-corrected chi connectivity index (χ4v) is 1.59. The molecule has 0 saturated heterocycles. The summed E-state index contributed by atoms with van der Waals surface area (Å²) >= 11 is 0. The van der Waals surface area contributed by atoms with Crippen molar-refractivity contribution in [3.63, 3.8) is 0 Å². The van der Waals surface area contributed by atoms with E-state index in [1.807, 2.05) is 0 Å². The first-order valence-corrected chi connectivity index (χ1v) is 8.42. The summed E-state index contributed by atoms with van der Waals surface area (Å²) in [6.07, 6.45) is 1.93. The Hall–Kier alpha value is -1.55. The zero-order valence-electron chi connectivity index (χ0n) is 14.9. The lowest BCUT2D eigenvalue weighted by Gasteiger charge is -2.08. The average molecular weight is 362 g/mol. The molecule has 0 aliphatic carbocycles. The van der Waals surface area contributed by atoms with Crippen molar-refractivity contribution < 1.29 is 33.3 Å². The Balaban J connectivity index is 3.18. The van der Waals surface area contributed by atoms with E-state index in [-0.39, 0.29) is 18.4 Å². The number of hydrogen-bond acceptors (Lipinski definition) is 7.